The zero-order chi connectivity index (χ0) is 24.2. The Bertz CT molecular complexity index is 1120. The predicted octanol–water partition coefficient (Wildman–Crippen LogP) is 5.97. The van der Waals surface area contributed by atoms with Crippen LogP contribution in [0.2, 0.25) is 10.0 Å². The van der Waals surface area contributed by atoms with Crippen LogP contribution in [-0.2, 0) is 10.2 Å². The lowest BCUT2D eigenvalue weighted by Gasteiger charge is -2.21. The highest BCUT2D eigenvalue weighted by atomic mass is 35.5. The average Bonchev–Trinajstić information content (AvgIpc) is 3.19. The standard InChI is InChI=1S/C24H27Cl2N5O2/c1-5-30(23(33)28-22-17(25)12-9-13-18(22)26)15-21(32)27-20-14-19(24(2,3)4)29-31(20)16-10-7-6-8-11-16/h6-14H,5,15H2,1-4H3,(H,27,32)(H,28,33). The predicted molar refractivity (Wildman–Crippen MR) is 134 cm³/mol. The fourth-order valence-electron chi connectivity index (χ4n) is 3.09. The molecular formula is C24H27Cl2N5O2. The van der Waals surface area contributed by atoms with Gasteiger partial charge in [0.25, 0.3) is 0 Å². The number of anilines is 2. The quantitative estimate of drug-likeness (QED) is 0.449. The van der Waals surface area contributed by atoms with Crippen LogP contribution in [0.15, 0.2) is 54.6 Å². The highest BCUT2D eigenvalue weighted by Gasteiger charge is 2.23. The zero-order valence-electron chi connectivity index (χ0n) is 19.0. The number of aromatic nitrogens is 2. The van der Waals surface area contributed by atoms with E-state index in [0.717, 1.165) is 11.4 Å². The molecule has 1 heterocycles. The van der Waals surface area contributed by atoms with Crippen molar-refractivity contribution in [2.45, 2.75) is 33.1 Å². The summed E-state index contributed by atoms with van der Waals surface area (Å²) in [6.07, 6.45) is 0. The molecule has 174 valence electrons. The number of para-hydroxylation sites is 2. The number of nitrogens with zero attached hydrogens (tertiary/aromatic N) is 3. The number of rotatable bonds is 6. The molecule has 3 rings (SSSR count). The molecule has 0 saturated carbocycles. The van der Waals surface area contributed by atoms with E-state index in [-0.39, 0.29) is 17.9 Å². The fourth-order valence-corrected chi connectivity index (χ4v) is 3.58. The second-order valence-electron chi connectivity index (χ2n) is 8.50. The lowest BCUT2D eigenvalue weighted by atomic mass is 9.92. The molecule has 0 aliphatic rings. The van der Waals surface area contributed by atoms with Crippen LogP contribution in [0.25, 0.3) is 5.69 Å². The SMILES string of the molecule is CCN(CC(=O)Nc1cc(C(C)(C)C)nn1-c1ccccc1)C(=O)Nc1c(Cl)cccc1Cl. The number of amides is 3. The molecule has 0 fully saturated rings. The van der Waals surface area contributed by atoms with Gasteiger partial charge in [0.1, 0.15) is 12.4 Å². The van der Waals surface area contributed by atoms with E-state index in [4.69, 9.17) is 28.3 Å². The van der Waals surface area contributed by atoms with Crippen LogP contribution in [0.3, 0.4) is 0 Å². The van der Waals surface area contributed by atoms with Crippen LogP contribution in [0.5, 0.6) is 0 Å². The molecule has 1 aromatic heterocycles. The maximum Gasteiger partial charge on any atom is 0.322 e. The van der Waals surface area contributed by atoms with Crippen molar-refractivity contribution in [3.8, 4) is 5.69 Å². The molecule has 3 aromatic rings. The monoisotopic (exact) mass is 487 g/mol. The Morgan fingerprint density at radius 2 is 1.64 bits per heavy atom. The van der Waals surface area contributed by atoms with Crippen molar-refractivity contribution in [2.75, 3.05) is 23.7 Å². The third kappa shape index (κ3) is 6.06. The minimum absolute atomic E-state index is 0.158. The van der Waals surface area contributed by atoms with Crippen molar-refractivity contribution in [1.82, 2.24) is 14.7 Å². The summed E-state index contributed by atoms with van der Waals surface area (Å²) in [6, 6.07) is 15.9. The molecule has 7 nitrogen and oxygen atoms in total. The van der Waals surface area contributed by atoms with Gasteiger partial charge in [0, 0.05) is 18.0 Å². The molecule has 2 aromatic carbocycles. The summed E-state index contributed by atoms with van der Waals surface area (Å²) < 4.78 is 1.69. The van der Waals surface area contributed by atoms with E-state index in [1.165, 1.54) is 4.90 Å². The molecule has 0 unspecified atom stereocenters. The maximum atomic E-state index is 12.9. The molecule has 0 aliphatic carbocycles. The van der Waals surface area contributed by atoms with Crippen LogP contribution in [0.1, 0.15) is 33.4 Å². The number of carbonyl (C=O) groups excluding carboxylic acids is 2. The third-order valence-electron chi connectivity index (χ3n) is 4.94. The van der Waals surface area contributed by atoms with Gasteiger partial charge in [-0.05, 0) is 31.2 Å². The first-order valence-electron chi connectivity index (χ1n) is 10.6. The van der Waals surface area contributed by atoms with E-state index in [1.807, 2.05) is 36.4 Å². The number of carbonyl (C=O) groups is 2. The van der Waals surface area contributed by atoms with Gasteiger partial charge in [-0.2, -0.15) is 5.10 Å². The van der Waals surface area contributed by atoms with Gasteiger partial charge in [-0.1, -0.05) is 68.2 Å². The molecule has 2 N–H and O–H groups in total. The first kappa shape index (κ1) is 24.6. The molecule has 0 spiro atoms. The second-order valence-corrected chi connectivity index (χ2v) is 9.32. The lowest BCUT2D eigenvalue weighted by Crippen LogP contribution is -2.40. The minimum Gasteiger partial charge on any atom is -0.315 e. The van der Waals surface area contributed by atoms with E-state index in [0.29, 0.717) is 28.1 Å². The van der Waals surface area contributed by atoms with Crippen molar-refractivity contribution in [3.05, 3.63) is 70.3 Å². The molecule has 0 aliphatic heterocycles. The smallest absolute Gasteiger partial charge is 0.315 e. The number of benzene rings is 2. The topological polar surface area (TPSA) is 79.3 Å². The average molecular weight is 488 g/mol. The highest BCUT2D eigenvalue weighted by Crippen LogP contribution is 2.30. The summed E-state index contributed by atoms with van der Waals surface area (Å²) in [5, 5.41) is 10.9. The van der Waals surface area contributed by atoms with Gasteiger partial charge >= 0.3 is 6.03 Å². The largest absolute Gasteiger partial charge is 0.322 e. The minimum atomic E-state index is -0.477. The van der Waals surface area contributed by atoms with Gasteiger partial charge in [-0.25, -0.2) is 9.48 Å². The van der Waals surface area contributed by atoms with E-state index >= 15 is 0 Å². The van der Waals surface area contributed by atoms with E-state index in [9.17, 15) is 9.59 Å². The Kier molecular flexibility index (Phi) is 7.66. The Balaban J connectivity index is 1.77. The van der Waals surface area contributed by atoms with Gasteiger partial charge in [-0.3, -0.25) is 4.79 Å². The summed E-state index contributed by atoms with van der Waals surface area (Å²) in [5.41, 5.74) is 1.76. The van der Waals surface area contributed by atoms with Gasteiger partial charge in [-0.15, -0.1) is 0 Å². The number of urea groups is 1. The number of halogens is 2. The third-order valence-corrected chi connectivity index (χ3v) is 5.57. The normalized spacial score (nSPS) is 11.2. The van der Waals surface area contributed by atoms with Gasteiger partial charge in [0.05, 0.1) is 27.1 Å². The molecular weight excluding hydrogens is 461 g/mol. The Hall–Kier alpha value is -3.03. The molecule has 0 atom stereocenters. The van der Waals surface area contributed by atoms with Crippen molar-refractivity contribution in [3.63, 3.8) is 0 Å². The Morgan fingerprint density at radius 1 is 1.00 bits per heavy atom. The number of likely N-dealkylation sites (N-methyl/N-ethyl adjacent to an activating group) is 1. The lowest BCUT2D eigenvalue weighted by molar-refractivity contribution is -0.116. The molecule has 0 radical (unpaired) electrons. The van der Waals surface area contributed by atoms with Crippen molar-refractivity contribution < 1.29 is 9.59 Å². The van der Waals surface area contributed by atoms with E-state index < -0.39 is 6.03 Å². The summed E-state index contributed by atoms with van der Waals surface area (Å²) in [6.45, 7) is 8.10. The van der Waals surface area contributed by atoms with E-state index in [1.54, 1.807) is 29.8 Å². The first-order valence-corrected chi connectivity index (χ1v) is 11.3. The van der Waals surface area contributed by atoms with Crippen LogP contribution >= 0.6 is 23.2 Å². The Morgan fingerprint density at radius 3 is 2.21 bits per heavy atom. The van der Waals surface area contributed by atoms with Crippen molar-refractivity contribution in [1.29, 1.82) is 0 Å². The maximum absolute atomic E-state index is 12.9. The Labute approximate surface area is 203 Å². The molecule has 3 amide bonds. The molecule has 33 heavy (non-hydrogen) atoms. The summed E-state index contributed by atoms with van der Waals surface area (Å²) in [5.74, 6) is 0.177. The number of hydrogen-bond donors (Lipinski definition) is 2. The van der Waals surface area contributed by atoms with Gasteiger partial charge in [0.15, 0.2) is 0 Å². The summed E-state index contributed by atoms with van der Waals surface area (Å²) in [4.78, 5) is 27.0. The summed E-state index contributed by atoms with van der Waals surface area (Å²) >= 11 is 12.3. The molecule has 0 saturated heterocycles. The summed E-state index contributed by atoms with van der Waals surface area (Å²) in [7, 11) is 0. The number of hydrogen-bond acceptors (Lipinski definition) is 3. The fraction of sp³-hybridized carbons (Fsp3) is 0.292. The molecule has 0 bridgehead atoms. The van der Waals surface area contributed by atoms with Crippen LogP contribution in [-0.4, -0.2) is 39.7 Å². The first-order chi connectivity index (χ1) is 15.6. The van der Waals surface area contributed by atoms with Crippen molar-refractivity contribution >= 4 is 46.6 Å². The second kappa shape index (κ2) is 10.3. The van der Waals surface area contributed by atoms with Gasteiger partial charge in [0.2, 0.25) is 5.91 Å². The van der Waals surface area contributed by atoms with Crippen molar-refractivity contribution in [2.24, 2.45) is 0 Å². The van der Waals surface area contributed by atoms with Crippen LogP contribution in [0, 0.1) is 0 Å². The van der Waals surface area contributed by atoms with Gasteiger partial charge < -0.3 is 15.5 Å². The highest BCUT2D eigenvalue weighted by molar-refractivity contribution is 6.39. The zero-order valence-corrected chi connectivity index (χ0v) is 20.5. The van der Waals surface area contributed by atoms with E-state index in [2.05, 4.69) is 31.4 Å². The van der Waals surface area contributed by atoms with Crippen LogP contribution in [0.4, 0.5) is 16.3 Å². The number of nitrogens with one attached hydrogen (secondary N) is 2. The molecule has 9 heteroatoms. The van der Waals surface area contributed by atoms with Crippen LogP contribution < -0.4 is 10.6 Å².